The van der Waals surface area contributed by atoms with Crippen LogP contribution in [0.4, 0.5) is 0 Å². The van der Waals surface area contributed by atoms with E-state index in [1.165, 1.54) is 7.05 Å². The standard InChI is InChI=1S/C11H21N3O4/c1-11(2,3)9(10(17)12-4)13-7(15)5-6-8(16)14-18/h8-9,16H,5-6H2,1-4H3,(H,12,17)(H,13,15). The Morgan fingerprint density at radius 3 is 2.28 bits per heavy atom. The van der Waals surface area contributed by atoms with Crippen LogP contribution >= 0.6 is 0 Å². The molecule has 7 heteroatoms. The predicted octanol–water partition coefficient (Wildman–Crippen LogP) is 0.128. The third kappa shape index (κ3) is 5.72. The van der Waals surface area contributed by atoms with Crippen molar-refractivity contribution in [3.05, 3.63) is 4.91 Å². The fourth-order valence-corrected chi connectivity index (χ4v) is 1.37. The molecule has 2 unspecified atom stereocenters. The van der Waals surface area contributed by atoms with Gasteiger partial charge in [0.25, 0.3) is 0 Å². The number of hydrogen-bond donors (Lipinski definition) is 3. The SMILES string of the molecule is CNC(=O)C(NC(=O)CCC(O)N=O)C(C)(C)C. The van der Waals surface area contributed by atoms with Gasteiger partial charge in [-0.1, -0.05) is 20.8 Å². The fourth-order valence-electron chi connectivity index (χ4n) is 1.37. The first-order valence-corrected chi connectivity index (χ1v) is 5.74. The number of carbonyl (C=O) groups excluding carboxylic acids is 2. The summed E-state index contributed by atoms with van der Waals surface area (Å²) in [5.74, 6) is -0.689. The highest BCUT2D eigenvalue weighted by Gasteiger charge is 2.31. The van der Waals surface area contributed by atoms with Crippen LogP contribution in [0.2, 0.25) is 0 Å². The minimum absolute atomic E-state index is 0.0556. The Morgan fingerprint density at radius 2 is 1.89 bits per heavy atom. The minimum Gasteiger partial charge on any atom is -0.369 e. The Morgan fingerprint density at radius 1 is 1.33 bits per heavy atom. The van der Waals surface area contributed by atoms with Gasteiger partial charge in [-0.3, -0.25) is 9.59 Å². The van der Waals surface area contributed by atoms with Crippen LogP contribution in [-0.4, -0.2) is 36.2 Å². The van der Waals surface area contributed by atoms with Gasteiger partial charge in [-0.2, -0.15) is 0 Å². The van der Waals surface area contributed by atoms with Crippen LogP contribution in [0.15, 0.2) is 5.18 Å². The molecule has 0 bridgehead atoms. The summed E-state index contributed by atoms with van der Waals surface area (Å²) in [7, 11) is 1.49. The highest BCUT2D eigenvalue weighted by atomic mass is 16.3. The fraction of sp³-hybridized carbons (Fsp3) is 0.818. The number of aliphatic hydroxyl groups excluding tert-OH is 1. The summed E-state index contributed by atoms with van der Waals surface area (Å²) in [6.45, 7) is 5.49. The van der Waals surface area contributed by atoms with E-state index in [0.717, 1.165) is 0 Å². The van der Waals surface area contributed by atoms with Crippen LogP contribution in [-0.2, 0) is 9.59 Å². The largest absolute Gasteiger partial charge is 0.369 e. The molecular formula is C11H21N3O4. The monoisotopic (exact) mass is 259 g/mol. The molecule has 0 aromatic carbocycles. The second kappa shape index (κ2) is 7.05. The van der Waals surface area contributed by atoms with Crippen molar-refractivity contribution in [1.82, 2.24) is 10.6 Å². The predicted molar refractivity (Wildman–Crippen MR) is 66.5 cm³/mol. The molecule has 104 valence electrons. The van der Waals surface area contributed by atoms with Gasteiger partial charge in [-0.15, -0.1) is 4.91 Å². The summed E-state index contributed by atoms with van der Waals surface area (Å²) in [6.07, 6.45) is -1.50. The topological polar surface area (TPSA) is 108 Å². The maximum Gasteiger partial charge on any atom is 0.242 e. The van der Waals surface area contributed by atoms with Gasteiger partial charge >= 0.3 is 0 Å². The highest BCUT2D eigenvalue weighted by molar-refractivity contribution is 5.88. The second-order valence-electron chi connectivity index (χ2n) is 5.11. The first kappa shape index (κ1) is 16.5. The van der Waals surface area contributed by atoms with E-state index in [4.69, 9.17) is 5.11 Å². The zero-order chi connectivity index (χ0) is 14.3. The molecule has 0 radical (unpaired) electrons. The lowest BCUT2D eigenvalue weighted by Gasteiger charge is -2.29. The molecule has 0 heterocycles. The van der Waals surface area contributed by atoms with Crippen molar-refractivity contribution < 1.29 is 14.7 Å². The van der Waals surface area contributed by atoms with Crippen molar-refractivity contribution >= 4 is 11.8 Å². The Hall–Kier alpha value is -1.50. The third-order valence-electron chi connectivity index (χ3n) is 2.43. The van der Waals surface area contributed by atoms with Crippen molar-refractivity contribution in [1.29, 1.82) is 0 Å². The van der Waals surface area contributed by atoms with Crippen molar-refractivity contribution in [2.75, 3.05) is 7.05 Å². The normalized spacial score (nSPS) is 14.5. The van der Waals surface area contributed by atoms with Crippen LogP contribution in [0.25, 0.3) is 0 Å². The van der Waals surface area contributed by atoms with Gasteiger partial charge in [-0.25, -0.2) is 0 Å². The van der Waals surface area contributed by atoms with Crippen molar-refractivity contribution in [3.8, 4) is 0 Å². The first-order valence-electron chi connectivity index (χ1n) is 5.74. The Labute approximate surface area is 106 Å². The van der Waals surface area contributed by atoms with Crippen LogP contribution in [0.5, 0.6) is 0 Å². The van der Waals surface area contributed by atoms with Crippen LogP contribution < -0.4 is 10.6 Å². The molecule has 0 saturated carbocycles. The molecule has 2 amide bonds. The number of likely N-dealkylation sites (N-methyl/N-ethyl adjacent to an activating group) is 1. The number of nitroso groups, excluding NO2 is 1. The Bertz CT molecular complexity index is 312. The Balaban J connectivity index is 4.46. The molecule has 0 rings (SSSR count). The molecule has 0 aliphatic rings. The van der Waals surface area contributed by atoms with Gasteiger partial charge in [0.1, 0.15) is 6.04 Å². The molecular weight excluding hydrogens is 238 g/mol. The number of hydrogen-bond acceptors (Lipinski definition) is 5. The van der Waals surface area contributed by atoms with Gasteiger partial charge in [0.05, 0.1) is 0 Å². The Kier molecular flexibility index (Phi) is 6.46. The van der Waals surface area contributed by atoms with E-state index in [1.54, 1.807) is 0 Å². The third-order valence-corrected chi connectivity index (χ3v) is 2.43. The quantitative estimate of drug-likeness (QED) is 0.589. The van der Waals surface area contributed by atoms with Crippen LogP contribution in [0, 0.1) is 10.3 Å². The zero-order valence-electron chi connectivity index (χ0n) is 11.2. The van der Waals surface area contributed by atoms with Gasteiger partial charge in [0.2, 0.25) is 11.8 Å². The average molecular weight is 259 g/mol. The van der Waals surface area contributed by atoms with E-state index < -0.39 is 23.6 Å². The van der Waals surface area contributed by atoms with Crippen LogP contribution in [0.1, 0.15) is 33.6 Å². The molecule has 0 aromatic rings. The van der Waals surface area contributed by atoms with E-state index in [1.807, 2.05) is 20.8 Å². The molecule has 3 N–H and O–H groups in total. The van der Waals surface area contributed by atoms with E-state index in [0.29, 0.717) is 0 Å². The van der Waals surface area contributed by atoms with Gasteiger partial charge in [-0.05, 0) is 10.6 Å². The molecule has 0 aliphatic carbocycles. The maximum absolute atomic E-state index is 11.6. The van der Waals surface area contributed by atoms with Gasteiger partial charge in [0, 0.05) is 19.9 Å². The molecule has 18 heavy (non-hydrogen) atoms. The number of nitrogens with zero attached hydrogens (tertiary/aromatic N) is 1. The number of carbonyl (C=O) groups is 2. The summed E-state index contributed by atoms with van der Waals surface area (Å²) in [5.41, 5.74) is -0.433. The number of aliphatic hydroxyl groups is 1. The zero-order valence-corrected chi connectivity index (χ0v) is 11.2. The van der Waals surface area contributed by atoms with E-state index in [-0.39, 0.29) is 18.7 Å². The van der Waals surface area contributed by atoms with Gasteiger partial charge in [0.15, 0.2) is 6.23 Å². The first-order chi connectivity index (χ1) is 8.22. The van der Waals surface area contributed by atoms with E-state index in [9.17, 15) is 14.5 Å². The summed E-state index contributed by atoms with van der Waals surface area (Å²) >= 11 is 0. The molecule has 7 nitrogen and oxygen atoms in total. The molecule has 0 fully saturated rings. The maximum atomic E-state index is 11.6. The lowest BCUT2D eigenvalue weighted by Crippen LogP contribution is -2.52. The van der Waals surface area contributed by atoms with Crippen molar-refractivity contribution in [3.63, 3.8) is 0 Å². The summed E-state index contributed by atoms with van der Waals surface area (Å²) in [4.78, 5) is 33.2. The number of rotatable bonds is 6. The lowest BCUT2D eigenvalue weighted by molar-refractivity contribution is -0.131. The summed E-state index contributed by atoms with van der Waals surface area (Å²) < 4.78 is 0. The molecule has 0 spiro atoms. The lowest BCUT2D eigenvalue weighted by atomic mass is 9.86. The summed E-state index contributed by atoms with van der Waals surface area (Å²) in [6, 6.07) is -0.670. The smallest absolute Gasteiger partial charge is 0.242 e. The van der Waals surface area contributed by atoms with Crippen molar-refractivity contribution in [2.24, 2.45) is 10.6 Å². The van der Waals surface area contributed by atoms with Crippen LogP contribution in [0.3, 0.4) is 0 Å². The molecule has 0 aliphatic heterocycles. The van der Waals surface area contributed by atoms with E-state index in [2.05, 4.69) is 15.8 Å². The molecule has 0 saturated heterocycles. The average Bonchev–Trinajstić information content (AvgIpc) is 2.30. The second-order valence-corrected chi connectivity index (χ2v) is 5.11. The number of nitrogens with one attached hydrogen (secondary N) is 2. The minimum atomic E-state index is -1.39. The highest BCUT2D eigenvalue weighted by Crippen LogP contribution is 2.19. The molecule has 2 atom stereocenters. The van der Waals surface area contributed by atoms with E-state index >= 15 is 0 Å². The number of amides is 2. The molecule has 0 aromatic heterocycles. The summed E-state index contributed by atoms with van der Waals surface area (Å²) in [5, 5.41) is 16.4. The van der Waals surface area contributed by atoms with Gasteiger partial charge < -0.3 is 15.7 Å². The van der Waals surface area contributed by atoms with Crippen molar-refractivity contribution in [2.45, 2.75) is 45.9 Å².